The predicted molar refractivity (Wildman–Crippen MR) is 141 cm³/mol. The molecular weight excluding hydrogens is 531 g/mol. The number of para-hydroxylation sites is 1. The number of benzene rings is 2. The Morgan fingerprint density at radius 1 is 1.21 bits per heavy atom. The lowest BCUT2D eigenvalue weighted by Crippen LogP contribution is -2.38. The molecule has 3 aromatic rings. The summed E-state index contributed by atoms with van der Waals surface area (Å²) in [4.78, 5) is 26.9. The fourth-order valence-electron chi connectivity index (χ4n) is 4.35. The molecule has 0 atom stereocenters. The third-order valence-electron chi connectivity index (χ3n) is 6.41. The summed E-state index contributed by atoms with van der Waals surface area (Å²) in [6.45, 7) is 8.79. The molecule has 0 amide bonds. The van der Waals surface area contributed by atoms with Crippen LogP contribution in [-0.4, -0.2) is 30.7 Å². The Morgan fingerprint density at radius 3 is 2.61 bits per heavy atom. The Labute approximate surface area is 207 Å². The zero-order valence-electron chi connectivity index (χ0n) is 19.2. The summed E-state index contributed by atoms with van der Waals surface area (Å²) in [6.07, 6.45) is 2.71. The highest BCUT2D eigenvalue weighted by Gasteiger charge is 2.28. The van der Waals surface area contributed by atoms with Crippen LogP contribution in [0.15, 0.2) is 45.6 Å². The van der Waals surface area contributed by atoms with Crippen LogP contribution in [0.25, 0.3) is 11.0 Å². The maximum atomic E-state index is 13.3. The van der Waals surface area contributed by atoms with Crippen molar-refractivity contribution >= 4 is 51.1 Å². The zero-order chi connectivity index (χ0) is 23.8. The molecule has 0 unspecified atom stereocenters. The number of piperidine rings is 1. The van der Waals surface area contributed by atoms with Crippen molar-refractivity contribution in [2.45, 2.75) is 40.0 Å². The number of rotatable bonds is 6. The number of halogens is 1. The van der Waals surface area contributed by atoms with Crippen molar-refractivity contribution in [3.05, 3.63) is 66.9 Å². The molecule has 0 spiro atoms. The number of carbonyl (C=O) groups is 1. The van der Waals surface area contributed by atoms with E-state index in [0.29, 0.717) is 44.5 Å². The van der Waals surface area contributed by atoms with Crippen LogP contribution >= 0.6 is 22.6 Å². The second-order valence-electron chi connectivity index (χ2n) is 9.53. The fourth-order valence-corrected chi connectivity index (χ4v) is 5.10. The number of anilines is 2. The van der Waals surface area contributed by atoms with Crippen molar-refractivity contribution in [3.63, 3.8) is 0 Å². The first kappa shape index (κ1) is 23.6. The first-order valence-electron chi connectivity index (χ1n) is 11.2. The van der Waals surface area contributed by atoms with E-state index in [4.69, 9.17) is 4.42 Å². The average Bonchev–Trinajstić information content (AvgIpc) is 2.77. The lowest BCUT2D eigenvalue weighted by molar-refractivity contribution is 0.0698. The molecule has 7 heteroatoms. The summed E-state index contributed by atoms with van der Waals surface area (Å²) in [5.74, 6) is -0.299. The van der Waals surface area contributed by atoms with Crippen LogP contribution in [0.5, 0.6) is 0 Å². The Balaban J connectivity index is 1.65. The van der Waals surface area contributed by atoms with Crippen LogP contribution in [0.3, 0.4) is 0 Å². The molecule has 2 heterocycles. The fraction of sp³-hybridized carbons (Fsp3) is 0.385. The topological polar surface area (TPSA) is 82.8 Å². The quantitative estimate of drug-likeness (QED) is 0.378. The van der Waals surface area contributed by atoms with Gasteiger partial charge in [-0.05, 0) is 83.5 Å². The van der Waals surface area contributed by atoms with E-state index in [0.717, 1.165) is 37.1 Å². The van der Waals surface area contributed by atoms with E-state index in [1.54, 1.807) is 18.2 Å². The Morgan fingerprint density at radius 2 is 1.91 bits per heavy atom. The number of fused-ring (bicyclic) bond motifs is 1. The van der Waals surface area contributed by atoms with Gasteiger partial charge in [0.25, 0.3) is 0 Å². The van der Waals surface area contributed by atoms with Gasteiger partial charge in [-0.2, -0.15) is 0 Å². The molecule has 1 aromatic heterocycles. The summed E-state index contributed by atoms with van der Waals surface area (Å²) in [5.41, 5.74) is 3.69. The van der Waals surface area contributed by atoms with Gasteiger partial charge in [-0.3, -0.25) is 4.79 Å². The molecule has 174 valence electrons. The van der Waals surface area contributed by atoms with Crippen molar-refractivity contribution in [3.8, 4) is 0 Å². The van der Waals surface area contributed by atoms with Crippen LogP contribution < -0.4 is 15.6 Å². The van der Waals surface area contributed by atoms with Gasteiger partial charge >= 0.3 is 5.97 Å². The van der Waals surface area contributed by atoms with E-state index in [-0.39, 0.29) is 11.0 Å². The van der Waals surface area contributed by atoms with Crippen molar-refractivity contribution < 1.29 is 14.3 Å². The molecule has 0 saturated carbocycles. The SMILES string of the molecule is Cc1cc(CCNc2ccccc2C(=O)O)c2oc(N3CCC(C)(C)CC3)c(I)c(=O)c2c1. The number of aryl methyl sites for hydroxylation is 1. The monoisotopic (exact) mass is 560 g/mol. The molecule has 0 radical (unpaired) electrons. The van der Waals surface area contributed by atoms with Gasteiger partial charge in [-0.25, -0.2) is 4.79 Å². The van der Waals surface area contributed by atoms with Gasteiger partial charge in [-0.1, -0.05) is 32.0 Å². The molecule has 1 aliphatic rings. The number of hydrogen-bond donors (Lipinski definition) is 2. The van der Waals surface area contributed by atoms with E-state index >= 15 is 0 Å². The molecule has 4 rings (SSSR count). The highest BCUT2D eigenvalue weighted by molar-refractivity contribution is 14.1. The molecule has 2 aromatic carbocycles. The number of carboxylic acids is 1. The van der Waals surface area contributed by atoms with Crippen LogP contribution in [-0.2, 0) is 6.42 Å². The normalized spacial score (nSPS) is 15.6. The minimum Gasteiger partial charge on any atom is -0.478 e. The van der Waals surface area contributed by atoms with Gasteiger partial charge in [0.15, 0.2) is 0 Å². The van der Waals surface area contributed by atoms with Gasteiger partial charge < -0.3 is 19.7 Å². The zero-order valence-corrected chi connectivity index (χ0v) is 21.4. The molecule has 6 nitrogen and oxygen atoms in total. The number of nitrogens with zero attached hydrogens (tertiary/aromatic N) is 1. The Bertz CT molecular complexity index is 1260. The van der Waals surface area contributed by atoms with Crippen molar-refractivity contribution in [2.75, 3.05) is 29.9 Å². The first-order valence-corrected chi connectivity index (χ1v) is 12.3. The summed E-state index contributed by atoms with van der Waals surface area (Å²) in [7, 11) is 0. The van der Waals surface area contributed by atoms with Gasteiger partial charge in [0.2, 0.25) is 11.3 Å². The molecule has 1 fully saturated rings. The van der Waals surface area contributed by atoms with Crippen molar-refractivity contribution in [1.29, 1.82) is 0 Å². The number of carboxylic acid groups (broad SMARTS) is 1. The van der Waals surface area contributed by atoms with E-state index in [9.17, 15) is 14.7 Å². The van der Waals surface area contributed by atoms with E-state index in [1.165, 1.54) is 0 Å². The number of hydrogen-bond acceptors (Lipinski definition) is 5. The first-order chi connectivity index (χ1) is 15.7. The second kappa shape index (κ2) is 9.37. The highest BCUT2D eigenvalue weighted by Crippen LogP contribution is 2.35. The number of nitrogens with one attached hydrogen (secondary N) is 1. The predicted octanol–water partition coefficient (Wildman–Crippen LogP) is 5.69. The molecule has 2 N–H and O–H groups in total. The largest absolute Gasteiger partial charge is 0.478 e. The Kier molecular flexibility index (Phi) is 6.70. The number of aromatic carboxylic acids is 1. The summed E-state index contributed by atoms with van der Waals surface area (Å²) >= 11 is 2.12. The van der Waals surface area contributed by atoms with Crippen LogP contribution in [0.4, 0.5) is 11.6 Å². The molecule has 0 bridgehead atoms. The van der Waals surface area contributed by atoms with Crippen molar-refractivity contribution in [2.24, 2.45) is 5.41 Å². The smallest absolute Gasteiger partial charge is 0.337 e. The maximum Gasteiger partial charge on any atom is 0.337 e. The van der Waals surface area contributed by atoms with Gasteiger partial charge in [0.1, 0.15) is 9.15 Å². The van der Waals surface area contributed by atoms with E-state index in [1.807, 2.05) is 25.1 Å². The molecular formula is C26H29IN2O4. The molecule has 33 heavy (non-hydrogen) atoms. The third kappa shape index (κ3) is 5.03. The third-order valence-corrected chi connectivity index (χ3v) is 7.36. The van der Waals surface area contributed by atoms with E-state index in [2.05, 4.69) is 46.7 Å². The average molecular weight is 560 g/mol. The standard InChI is InChI=1S/C26H29IN2O4/c1-16-14-17(8-11-28-20-7-5-4-6-18(20)25(31)32)23-19(15-16)22(30)21(27)24(33-23)29-12-9-26(2,3)10-13-29/h4-7,14-15,28H,8-13H2,1-3H3,(H,31,32). The minimum absolute atomic E-state index is 0.00538. The van der Waals surface area contributed by atoms with Gasteiger partial charge in [0.05, 0.1) is 10.9 Å². The van der Waals surface area contributed by atoms with Crippen LogP contribution in [0.1, 0.15) is 48.2 Å². The summed E-state index contributed by atoms with van der Waals surface area (Å²) < 4.78 is 7.06. The minimum atomic E-state index is -0.964. The summed E-state index contributed by atoms with van der Waals surface area (Å²) in [6, 6.07) is 10.8. The second-order valence-corrected chi connectivity index (χ2v) is 10.6. The molecule has 0 aliphatic carbocycles. The summed E-state index contributed by atoms with van der Waals surface area (Å²) in [5, 5.41) is 13.2. The highest BCUT2D eigenvalue weighted by atomic mass is 127. The van der Waals surface area contributed by atoms with Gasteiger partial charge in [-0.15, -0.1) is 0 Å². The Hall–Kier alpha value is -2.55. The lowest BCUT2D eigenvalue weighted by atomic mass is 9.83. The van der Waals surface area contributed by atoms with Crippen LogP contribution in [0.2, 0.25) is 0 Å². The maximum absolute atomic E-state index is 13.3. The van der Waals surface area contributed by atoms with Gasteiger partial charge in [0, 0.05) is 25.3 Å². The lowest BCUT2D eigenvalue weighted by Gasteiger charge is -2.37. The van der Waals surface area contributed by atoms with Crippen LogP contribution in [0, 0.1) is 15.9 Å². The van der Waals surface area contributed by atoms with E-state index < -0.39 is 5.97 Å². The molecule has 1 aliphatic heterocycles. The molecule has 1 saturated heterocycles. The van der Waals surface area contributed by atoms with Crippen molar-refractivity contribution in [1.82, 2.24) is 0 Å².